The van der Waals surface area contributed by atoms with Crippen molar-refractivity contribution in [3.8, 4) is 0 Å². The van der Waals surface area contributed by atoms with Crippen LogP contribution in [-0.4, -0.2) is 12.5 Å². The molecule has 0 aromatic heterocycles. The standard InChI is InChI=1S/C20H26N2O/c1-6-17-9-7-8-14(3)20(17)22-18(23)12-21-19-15(4)10-13(2)11-16(19)5/h7-11,21H,6,12H2,1-5H3,(H,22,23). The second-order valence-corrected chi connectivity index (χ2v) is 6.14. The Morgan fingerprint density at radius 3 is 2.22 bits per heavy atom. The largest absolute Gasteiger partial charge is 0.376 e. The number of aryl methyl sites for hydroxylation is 5. The summed E-state index contributed by atoms with van der Waals surface area (Å²) < 4.78 is 0. The Morgan fingerprint density at radius 2 is 1.61 bits per heavy atom. The summed E-state index contributed by atoms with van der Waals surface area (Å²) in [7, 11) is 0. The van der Waals surface area contributed by atoms with E-state index in [4.69, 9.17) is 0 Å². The summed E-state index contributed by atoms with van der Waals surface area (Å²) in [6, 6.07) is 10.4. The molecule has 0 aliphatic carbocycles. The van der Waals surface area contributed by atoms with Crippen LogP contribution in [0.1, 0.15) is 34.7 Å². The molecule has 1 amide bonds. The molecule has 0 spiro atoms. The molecular weight excluding hydrogens is 284 g/mol. The molecule has 0 aliphatic rings. The number of carbonyl (C=O) groups excluding carboxylic acids is 1. The van der Waals surface area contributed by atoms with Crippen molar-refractivity contribution >= 4 is 17.3 Å². The first-order valence-corrected chi connectivity index (χ1v) is 8.12. The lowest BCUT2D eigenvalue weighted by Gasteiger charge is -2.16. The molecule has 0 radical (unpaired) electrons. The average Bonchev–Trinajstić information content (AvgIpc) is 2.48. The fourth-order valence-electron chi connectivity index (χ4n) is 3.01. The molecule has 3 heteroatoms. The van der Waals surface area contributed by atoms with Crippen molar-refractivity contribution in [2.24, 2.45) is 0 Å². The highest BCUT2D eigenvalue weighted by Crippen LogP contribution is 2.23. The molecule has 0 bridgehead atoms. The normalized spacial score (nSPS) is 10.5. The van der Waals surface area contributed by atoms with Gasteiger partial charge in [0.15, 0.2) is 0 Å². The quantitative estimate of drug-likeness (QED) is 0.851. The Balaban J connectivity index is 2.07. The molecule has 0 unspecified atom stereocenters. The molecule has 0 heterocycles. The number of amides is 1. The van der Waals surface area contributed by atoms with Gasteiger partial charge in [0, 0.05) is 11.4 Å². The van der Waals surface area contributed by atoms with Crippen molar-refractivity contribution < 1.29 is 4.79 Å². The molecule has 0 fully saturated rings. The number of carbonyl (C=O) groups is 1. The van der Waals surface area contributed by atoms with Gasteiger partial charge in [0.25, 0.3) is 0 Å². The van der Waals surface area contributed by atoms with Gasteiger partial charge in [-0.15, -0.1) is 0 Å². The lowest BCUT2D eigenvalue weighted by Crippen LogP contribution is -2.23. The van der Waals surface area contributed by atoms with Gasteiger partial charge in [0.05, 0.1) is 6.54 Å². The van der Waals surface area contributed by atoms with Crippen molar-refractivity contribution in [3.05, 3.63) is 58.1 Å². The molecule has 3 nitrogen and oxygen atoms in total. The van der Waals surface area contributed by atoms with E-state index in [1.165, 1.54) is 22.3 Å². The van der Waals surface area contributed by atoms with Crippen LogP contribution >= 0.6 is 0 Å². The minimum Gasteiger partial charge on any atom is -0.376 e. The van der Waals surface area contributed by atoms with E-state index in [0.29, 0.717) is 0 Å². The third kappa shape index (κ3) is 4.13. The smallest absolute Gasteiger partial charge is 0.243 e. The molecule has 23 heavy (non-hydrogen) atoms. The molecule has 0 atom stereocenters. The predicted molar refractivity (Wildman–Crippen MR) is 98.3 cm³/mol. The Bertz CT molecular complexity index is 697. The van der Waals surface area contributed by atoms with E-state index < -0.39 is 0 Å². The summed E-state index contributed by atoms with van der Waals surface area (Å²) in [5.74, 6) is -0.0200. The minimum atomic E-state index is -0.0200. The summed E-state index contributed by atoms with van der Waals surface area (Å²) in [6.45, 7) is 10.6. The summed E-state index contributed by atoms with van der Waals surface area (Å²) >= 11 is 0. The highest BCUT2D eigenvalue weighted by atomic mass is 16.1. The van der Waals surface area contributed by atoms with Gasteiger partial charge in [0.2, 0.25) is 5.91 Å². The zero-order chi connectivity index (χ0) is 17.0. The van der Waals surface area contributed by atoms with Crippen molar-refractivity contribution in [3.63, 3.8) is 0 Å². The van der Waals surface area contributed by atoms with Crippen LogP contribution in [0.2, 0.25) is 0 Å². The van der Waals surface area contributed by atoms with Crippen LogP contribution in [0.25, 0.3) is 0 Å². The fourth-order valence-corrected chi connectivity index (χ4v) is 3.01. The van der Waals surface area contributed by atoms with Crippen LogP contribution in [0.15, 0.2) is 30.3 Å². The first-order valence-electron chi connectivity index (χ1n) is 8.12. The Kier molecular flexibility index (Phi) is 5.43. The van der Waals surface area contributed by atoms with E-state index in [1.54, 1.807) is 0 Å². The minimum absolute atomic E-state index is 0.0200. The number of nitrogens with one attached hydrogen (secondary N) is 2. The second-order valence-electron chi connectivity index (χ2n) is 6.14. The van der Waals surface area contributed by atoms with Crippen molar-refractivity contribution in [2.75, 3.05) is 17.2 Å². The molecule has 2 N–H and O–H groups in total. The SMILES string of the molecule is CCc1cccc(C)c1NC(=O)CNc1c(C)cc(C)cc1C. The van der Waals surface area contributed by atoms with E-state index in [0.717, 1.165) is 23.4 Å². The first kappa shape index (κ1) is 17.1. The molecule has 122 valence electrons. The number of hydrogen-bond donors (Lipinski definition) is 2. The van der Waals surface area contributed by atoms with Crippen molar-refractivity contribution in [1.29, 1.82) is 0 Å². The van der Waals surface area contributed by atoms with E-state index in [2.05, 4.69) is 56.5 Å². The molecule has 2 aromatic carbocycles. The van der Waals surface area contributed by atoms with Gasteiger partial charge in [-0.1, -0.05) is 42.8 Å². The maximum absolute atomic E-state index is 12.3. The number of rotatable bonds is 5. The third-order valence-corrected chi connectivity index (χ3v) is 4.11. The summed E-state index contributed by atoms with van der Waals surface area (Å²) in [5.41, 5.74) is 7.83. The fraction of sp³-hybridized carbons (Fsp3) is 0.350. The lowest BCUT2D eigenvalue weighted by atomic mass is 10.0. The summed E-state index contributed by atoms with van der Waals surface area (Å²) in [6.07, 6.45) is 0.904. The zero-order valence-corrected chi connectivity index (χ0v) is 14.7. The molecular formula is C20H26N2O. The van der Waals surface area contributed by atoms with E-state index >= 15 is 0 Å². The monoisotopic (exact) mass is 310 g/mol. The second kappa shape index (κ2) is 7.32. The van der Waals surface area contributed by atoms with Gasteiger partial charge >= 0.3 is 0 Å². The van der Waals surface area contributed by atoms with Crippen molar-refractivity contribution in [1.82, 2.24) is 0 Å². The highest BCUT2D eigenvalue weighted by molar-refractivity contribution is 5.95. The predicted octanol–water partition coefficient (Wildman–Crippen LogP) is 4.53. The van der Waals surface area contributed by atoms with Crippen molar-refractivity contribution in [2.45, 2.75) is 41.0 Å². The molecule has 2 aromatic rings. The van der Waals surface area contributed by atoms with E-state index in [9.17, 15) is 4.79 Å². The average molecular weight is 310 g/mol. The molecule has 0 aliphatic heterocycles. The Hall–Kier alpha value is -2.29. The van der Waals surface area contributed by atoms with Gasteiger partial charge in [-0.2, -0.15) is 0 Å². The number of hydrogen-bond acceptors (Lipinski definition) is 2. The maximum atomic E-state index is 12.3. The molecule has 2 rings (SSSR count). The number of anilines is 2. The van der Waals surface area contributed by atoms with Crippen LogP contribution in [-0.2, 0) is 11.2 Å². The summed E-state index contributed by atoms with van der Waals surface area (Å²) in [5, 5.41) is 6.32. The van der Waals surface area contributed by atoms with Crippen LogP contribution in [0.4, 0.5) is 11.4 Å². The molecule has 0 saturated heterocycles. The van der Waals surface area contributed by atoms with Gasteiger partial charge in [-0.25, -0.2) is 0 Å². The highest BCUT2D eigenvalue weighted by Gasteiger charge is 2.10. The topological polar surface area (TPSA) is 41.1 Å². The van der Waals surface area contributed by atoms with Gasteiger partial charge in [-0.3, -0.25) is 4.79 Å². The first-order chi connectivity index (χ1) is 10.9. The Morgan fingerprint density at radius 1 is 0.957 bits per heavy atom. The zero-order valence-electron chi connectivity index (χ0n) is 14.7. The number of benzene rings is 2. The number of para-hydroxylation sites is 1. The lowest BCUT2D eigenvalue weighted by molar-refractivity contribution is -0.114. The molecule has 0 saturated carbocycles. The Labute approximate surface area is 139 Å². The maximum Gasteiger partial charge on any atom is 0.243 e. The van der Waals surface area contributed by atoms with Crippen LogP contribution in [0, 0.1) is 27.7 Å². The van der Waals surface area contributed by atoms with Crippen LogP contribution < -0.4 is 10.6 Å². The van der Waals surface area contributed by atoms with E-state index in [1.807, 2.05) is 19.1 Å². The third-order valence-electron chi connectivity index (χ3n) is 4.11. The van der Waals surface area contributed by atoms with Gasteiger partial charge < -0.3 is 10.6 Å². The van der Waals surface area contributed by atoms with E-state index in [-0.39, 0.29) is 12.5 Å². The van der Waals surface area contributed by atoms with Gasteiger partial charge in [-0.05, 0) is 56.4 Å². The van der Waals surface area contributed by atoms with Crippen LogP contribution in [0.5, 0.6) is 0 Å². The van der Waals surface area contributed by atoms with Gasteiger partial charge in [0.1, 0.15) is 0 Å². The summed E-state index contributed by atoms with van der Waals surface area (Å²) in [4.78, 5) is 12.3. The van der Waals surface area contributed by atoms with Crippen LogP contribution in [0.3, 0.4) is 0 Å².